The minimum absolute atomic E-state index is 0.0206. The van der Waals surface area contributed by atoms with E-state index < -0.39 is 36.6 Å². The lowest BCUT2D eigenvalue weighted by atomic mass is 10.1. The third kappa shape index (κ3) is 10.3. The van der Waals surface area contributed by atoms with Crippen LogP contribution >= 0.6 is 0 Å². The van der Waals surface area contributed by atoms with E-state index in [1.165, 1.54) is 4.90 Å². The van der Waals surface area contributed by atoms with Gasteiger partial charge in [-0.05, 0) is 35.2 Å². The number of aliphatic hydroxyl groups is 1. The monoisotopic (exact) mass is 575 g/mol. The molecule has 5 amide bonds. The van der Waals surface area contributed by atoms with Crippen molar-refractivity contribution in [2.24, 2.45) is 5.73 Å². The van der Waals surface area contributed by atoms with E-state index in [4.69, 9.17) is 10.5 Å². The summed E-state index contributed by atoms with van der Waals surface area (Å²) in [7, 11) is 1.55. The first kappa shape index (κ1) is 31.6. The molecule has 3 aromatic rings. The summed E-state index contributed by atoms with van der Waals surface area (Å²) in [5.74, 6) is -0.730. The smallest absolute Gasteiger partial charge is 0.404 e. The van der Waals surface area contributed by atoms with Crippen LogP contribution in [0.3, 0.4) is 0 Å². The molecule has 0 saturated carbocycles. The second-order valence-corrected chi connectivity index (χ2v) is 9.29. The summed E-state index contributed by atoms with van der Waals surface area (Å²) in [4.78, 5) is 53.0. The van der Waals surface area contributed by atoms with Crippen LogP contribution in [0.4, 0.5) is 9.59 Å². The molecule has 0 aromatic heterocycles. The number of rotatable bonds is 14. The Labute approximate surface area is 244 Å². The molecule has 0 heterocycles. The maximum absolute atomic E-state index is 13.9. The summed E-state index contributed by atoms with van der Waals surface area (Å²) in [5, 5.41) is 13.4. The second kappa shape index (κ2) is 16.4. The van der Waals surface area contributed by atoms with Crippen LogP contribution in [0.15, 0.2) is 84.9 Å². The van der Waals surface area contributed by atoms with Crippen molar-refractivity contribution in [2.45, 2.75) is 25.6 Å². The van der Waals surface area contributed by atoms with Gasteiger partial charge in [0.05, 0.1) is 20.1 Å². The average Bonchev–Trinajstić information content (AvgIpc) is 3.00. The Hall–Kier alpha value is -4.90. The van der Waals surface area contributed by atoms with Crippen LogP contribution in [0.1, 0.15) is 16.7 Å². The number of primary amides is 1. The van der Waals surface area contributed by atoms with Gasteiger partial charge in [-0.25, -0.2) is 9.59 Å². The van der Waals surface area contributed by atoms with Crippen molar-refractivity contribution in [3.63, 3.8) is 0 Å². The molecule has 3 aromatic carbocycles. The van der Waals surface area contributed by atoms with Crippen molar-refractivity contribution in [3.05, 3.63) is 108 Å². The van der Waals surface area contributed by atoms with Gasteiger partial charge in [0.1, 0.15) is 18.5 Å². The van der Waals surface area contributed by atoms with E-state index in [0.717, 1.165) is 28.0 Å². The Morgan fingerprint density at radius 2 is 1.52 bits per heavy atom. The molecule has 221 valence electrons. The molecule has 0 aliphatic heterocycles. The highest BCUT2D eigenvalue weighted by molar-refractivity contribution is 5.99. The number of imide groups is 1. The van der Waals surface area contributed by atoms with Crippen molar-refractivity contribution >= 4 is 23.9 Å². The van der Waals surface area contributed by atoms with Crippen molar-refractivity contribution in [1.29, 1.82) is 0 Å². The first-order chi connectivity index (χ1) is 20.3. The molecule has 4 N–H and O–H groups in total. The molecule has 42 heavy (non-hydrogen) atoms. The van der Waals surface area contributed by atoms with Crippen LogP contribution in [0.2, 0.25) is 0 Å². The number of carbonyl (C=O) groups is 4. The van der Waals surface area contributed by atoms with E-state index in [2.05, 4.69) is 10.1 Å². The highest BCUT2D eigenvalue weighted by Gasteiger charge is 2.30. The topological polar surface area (TPSA) is 151 Å². The predicted octanol–water partition coefficient (Wildman–Crippen LogP) is 2.67. The van der Waals surface area contributed by atoms with E-state index >= 15 is 0 Å². The van der Waals surface area contributed by atoms with Gasteiger partial charge in [0, 0.05) is 19.6 Å². The standard InChI is InChI=1S/C31H35N4O7/c1-41-26-14-12-23(13-15-26)16-18-35(28(37)17-19-42-30(32)39)31(40)34(21-25-10-6-3-7-11-25)22-27(36)29(38)33-20-24-8-4-2-5-9-24/h2-15,17,27,36H,16,18-22H2,1H3,(H2,32,39)(H,33,38)/t27-/m0/s1. The van der Waals surface area contributed by atoms with Crippen molar-refractivity contribution in [3.8, 4) is 5.75 Å². The highest BCUT2D eigenvalue weighted by Crippen LogP contribution is 2.15. The molecule has 1 atom stereocenters. The summed E-state index contributed by atoms with van der Waals surface area (Å²) < 4.78 is 9.83. The SMILES string of the molecule is COc1ccc(CCN(C(=O)[CH]COC(N)=O)C(=O)N(Cc2ccccc2)C[C@H](O)C(=O)NCc2ccccc2)cc1. The number of hydrogen-bond donors (Lipinski definition) is 3. The minimum Gasteiger partial charge on any atom is -0.497 e. The van der Waals surface area contributed by atoms with E-state index in [1.807, 2.05) is 48.5 Å². The molecule has 0 spiro atoms. The molecule has 0 unspecified atom stereocenters. The molecule has 11 nitrogen and oxygen atoms in total. The number of ether oxygens (including phenoxy) is 2. The molecule has 0 fully saturated rings. The lowest BCUT2D eigenvalue weighted by Gasteiger charge is -2.31. The van der Waals surface area contributed by atoms with Crippen molar-refractivity contribution < 1.29 is 33.8 Å². The van der Waals surface area contributed by atoms with Crippen LogP contribution in [0.5, 0.6) is 5.75 Å². The first-order valence-electron chi connectivity index (χ1n) is 13.3. The summed E-state index contributed by atoms with van der Waals surface area (Å²) in [5.41, 5.74) is 7.41. The van der Waals surface area contributed by atoms with E-state index in [1.54, 1.807) is 43.5 Å². The van der Waals surface area contributed by atoms with Gasteiger partial charge in [-0.1, -0.05) is 72.8 Å². The first-order valence-corrected chi connectivity index (χ1v) is 13.3. The maximum atomic E-state index is 13.9. The third-order valence-corrected chi connectivity index (χ3v) is 6.26. The van der Waals surface area contributed by atoms with E-state index in [0.29, 0.717) is 12.2 Å². The third-order valence-electron chi connectivity index (χ3n) is 6.26. The van der Waals surface area contributed by atoms with Crippen LogP contribution < -0.4 is 15.8 Å². The van der Waals surface area contributed by atoms with Crippen molar-refractivity contribution in [1.82, 2.24) is 15.1 Å². The molecular weight excluding hydrogens is 540 g/mol. The van der Waals surface area contributed by atoms with Crippen LogP contribution in [0.25, 0.3) is 0 Å². The fourth-order valence-corrected chi connectivity index (χ4v) is 4.02. The average molecular weight is 576 g/mol. The molecular formula is C31H35N4O7. The maximum Gasteiger partial charge on any atom is 0.404 e. The van der Waals surface area contributed by atoms with Gasteiger partial charge < -0.3 is 30.5 Å². The van der Waals surface area contributed by atoms with Gasteiger partial charge in [0.2, 0.25) is 5.91 Å². The number of hydrogen-bond acceptors (Lipinski definition) is 7. The zero-order chi connectivity index (χ0) is 30.3. The van der Waals surface area contributed by atoms with E-state index in [-0.39, 0.29) is 26.2 Å². The zero-order valence-electron chi connectivity index (χ0n) is 23.3. The molecule has 3 rings (SSSR count). The summed E-state index contributed by atoms with van der Waals surface area (Å²) in [6, 6.07) is 24.6. The molecule has 11 heteroatoms. The van der Waals surface area contributed by atoms with Crippen LogP contribution in [0, 0.1) is 6.42 Å². The Morgan fingerprint density at radius 1 is 0.905 bits per heavy atom. The lowest BCUT2D eigenvalue weighted by molar-refractivity contribution is -0.130. The molecule has 1 radical (unpaired) electrons. The van der Waals surface area contributed by atoms with Crippen LogP contribution in [-0.2, 0) is 33.8 Å². The number of nitrogens with two attached hydrogens (primary N) is 1. The number of nitrogens with zero attached hydrogens (tertiary/aromatic N) is 2. The Morgan fingerprint density at radius 3 is 2.12 bits per heavy atom. The van der Waals surface area contributed by atoms with E-state index in [9.17, 15) is 24.3 Å². The molecule has 0 saturated heterocycles. The number of benzene rings is 3. The zero-order valence-corrected chi connectivity index (χ0v) is 23.3. The highest BCUT2D eigenvalue weighted by atomic mass is 16.5. The fourth-order valence-electron chi connectivity index (χ4n) is 4.02. The lowest BCUT2D eigenvalue weighted by Crippen LogP contribution is -2.51. The summed E-state index contributed by atoms with van der Waals surface area (Å²) in [6.07, 6.45) is -1.29. The predicted molar refractivity (Wildman–Crippen MR) is 155 cm³/mol. The summed E-state index contributed by atoms with van der Waals surface area (Å²) >= 11 is 0. The Balaban J connectivity index is 1.78. The Bertz CT molecular complexity index is 1300. The number of aliphatic hydroxyl groups excluding tert-OH is 1. The van der Waals surface area contributed by atoms with Gasteiger partial charge in [0.25, 0.3) is 5.91 Å². The number of carbonyl (C=O) groups excluding carboxylic acids is 4. The van der Waals surface area contributed by atoms with Crippen LogP contribution in [-0.4, -0.2) is 71.8 Å². The van der Waals surface area contributed by atoms with Gasteiger partial charge in [-0.15, -0.1) is 0 Å². The molecule has 0 aliphatic rings. The molecule has 0 bridgehead atoms. The number of amides is 5. The van der Waals surface area contributed by atoms with Crippen molar-refractivity contribution in [2.75, 3.05) is 26.8 Å². The quantitative estimate of drug-likeness (QED) is 0.267. The van der Waals surface area contributed by atoms with Gasteiger partial charge in [-0.3, -0.25) is 14.5 Å². The summed E-state index contributed by atoms with van der Waals surface area (Å²) in [6.45, 7) is -0.613. The fraction of sp³-hybridized carbons (Fsp3) is 0.258. The number of urea groups is 1. The molecule has 0 aliphatic carbocycles. The van der Waals surface area contributed by atoms with Gasteiger partial charge in [0.15, 0.2) is 0 Å². The minimum atomic E-state index is -1.57. The number of methoxy groups -OCH3 is 1. The number of nitrogens with one attached hydrogen (secondary N) is 1. The van der Waals surface area contributed by atoms with Gasteiger partial charge in [-0.2, -0.15) is 0 Å². The van der Waals surface area contributed by atoms with Gasteiger partial charge >= 0.3 is 12.1 Å². The normalized spacial score (nSPS) is 11.2. The second-order valence-electron chi connectivity index (χ2n) is 9.29. The largest absolute Gasteiger partial charge is 0.497 e. The Kier molecular flexibility index (Phi) is 12.3.